The van der Waals surface area contributed by atoms with Crippen molar-refractivity contribution in [1.29, 1.82) is 0 Å². The molecule has 0 bridgehead atoms. The smallest absolute Gasteiger partial charge is 0.273 e. The predicted octanol–water partition coefficient (Wildman–Crippen LogP) is 4.38. The number of nitrogens with one attached hydrogen (secondary N) is 1. The van der Waals surface area contributed by atoms with Crippen molar-refractivity contribution < 1.29 is 4.79 Å². The first-order chi connectivity index (χ1) is 14.3. The zero-order chi connectivity index (χ0) is 19.6. The molecule has 2 aromatic carbocycles. The molecular formula is C25H27N3O. The fourth-order valence-electron chi connectivity index (χ4n) is 5.23. The maximum absolute atomic E-state index is 13.8. The minimum absolute atomic E-state index is 0.0725. The molecule has 2 aliphatic rings. The third-order valence-corrected chi connectivity index (χ3v) is 6.58. The molecule has 1 aromatic heterocycles. The van der Waals surface area contributed by atoms with Crippen molar-refractivity contribution in [3.05, 3.63) is 78.1 Å². The summed E-state index contributed by atoms with van der Waals surface area (Å²) in [7, 11) is 0. The molecule has 3 heterocycles. The van der Waals surface area contributed by atoms with Crippen LogP contribution in [0.1, 0.15) is 47.7 Å². The van der Waals surface area contributed by atoms with Crippen molar-refractivity contribution in [3.63, 3.8) is 0 Å². The van der Waals surface area contributed by atoms with E-state index in [1.807, 2.05) is 30.3 Å². The summed E-state index contributed by atoms with van der Waals surface area (Å²) < 4.78 is 0. The van der Waals surface area contributed by atoms with Gasteiger partial charge < -0.3 is 10.2 Å². The molecule has 29 heavy (non-hydrogen) atoms. The van der Waals surface area contributed by atoms with Crippen molar-refractivity contribution in [3.8, 4) is 0 Å². The number of rotatable bonds is 2. The molecule has 4 heteroatoms. The van der Waals surface area contributed by atoms with Gasteiger partial charge in [-0.05, 0) is 42.8 Å². The quantitative estimate of drug-likeness (QED) is 0.712. The Bertz CT molecular complexity index is 998. The number of likely N-dealkylation sites (tertiary alicyclic amines) is 1. The van der Waals surface area contributed by atoms with Gasteiger partial charge in [-0.15, -0.1) is 0 Å². The summed E-state index contributed by atoms with van der Waals surface area (Å²) in [6.07, 6.45) is 6.15. The van der Waals surface area contributed by atoms with Crippen LogP contribution >= 0.6 is 0 Å². The number of pyridine rings is 1. The first-order valence-corrected chi connectivity index (χ1v) is 10.8. The van der Waals surface area contributed by atoms with Gasteiger partial charge in [-0.2, -0.15) is 0 Å². The van der Waals surface area contributed by atoms with E-state index < -0.39 is 0 Å². The van der Waals surface area contributed by atoms with Crippen LogP contribution in [0.25, 0.3) is 10.8 Å². The summed E-state index contributed by atoms with van der Waals surface area (Å²) in [4.78, 5) is 20.5. The topological polar surface area (TPSA) is 45.2 Å². The average Bonchev–Trinajstić information content (AvgIpc) is 3.01. The van der Waals surface area contributed by atoms with Gasteiger partial charge in [-0.1, -0.05) is 61.0 Å². The van der Waals surface area contributed by atoms with Crippen molar-refractivity contribution in [1.82, 2.24) is 15.2 Å². The van der Waals surface area contributed by atoms with E-state index in [9.17, 15) is 4.79 Å². The molecule has 2 fully saturated rings. The van der Waals surface area contributed by atoms with Gasteiger partial charge in [0.2, 0.25) is 0 Å². The van der Waals surface area contributed by atoms with Gasteiger partial charge in [0.15, 0.2) is 0 Å². The molecule has 3 aromatic rings. The number of nitrogens with zero attached hydrogens (tertiary/aromatic N) is 2. The molecule has 2 aliphatic heterocycles. The standard InChI is InChI=1S/C25H27N3O/c29-25(23-20-11-5-4-10-19(20)13-15-27-23)28-17-7-6-12-22-24(28)21(14-16-26-22)18-8-2-1-3-9-18/h1-5,8-11,13,15,21-22,24,26H,6-7,12,14,16-17H2/t21-,22-,24-/m1/s1. The van der Waals surface area contributed by atoms with E-state index in [-0.39, 0.29) is 11.9 Å². The first kappa shape index (κ1) is 18.3. The number of hydrogen-bond acceptors (Lipinski definition) is 3. The first-order valence-electron chi connectivity index (χ1n) is 10.8. The van der Waals surface area contributed by atoms with E-state index in [0.29, 0.717) is 17.7 Å². The van der Waals surface area contributed by atoms with Gasteiger partial charge in [0.25, 0.3) is 5.91 Å². The van der Waals surface area contributed by atoms with Crippen LogP contribution in [0.3, 0.4) is 0 Å². The Balaban J connectivity index is 1.57. The summed E-state index contributed by atoms with van der Waals surface area (Å²) in [5, 5.41) is 5.73. The van der Waals surface area contributed by atoms with Crippen molar-refractivity contribution in [2.24, 2.45) is 0 Å². The highest BCUT2D eigenvalue weighted by Crippen LogP contribution is 2.36. The lowest BCUT2D eigenvalue weighted by Crippen LogP contribution is -2.57. The Morgan fingerprint density at radius 3 is 2.69 bits per heavy atom. The number of amides is 1. The van der Waals surface area contributed by atoms with E-state index in [1.165, 1.54) is 5.56 Å². The lowest BCUT2D eigenvalue weighted by Gasteiger charge is -2.44. The number of aromatic nitrogens is 1. The molecule has 0 radical (unpaired) electrons. The Morgan fingerprint density at radius 2 is 1.79 bits per heavy atom. The molecule has 3 atom stereocenters. The lowest BCUT2D eigenvalue weighted by atomic mass is 9.80. The number of carbonyl (C=O) groups is 1. The van der Waals surface area contributed by atoms with E-state index in [0.717, 1.165) is 49.5 Å². The van der Waals surface area contributed by atoms with Crippen LogP contribution in [0.5, 0.6) is 0 Å². The summed E-state index contributed by atoms with van der Waals surface area (Å²) in [6, 6.07) is 21.3. The molecule has 0 aliphatic carbocycles. The van der Waals surface area contributed by atoms with E-state index in [2.05, 4.69) is 45.5 Å². The molecule has 0 saturated carbocycles. The van der Waals surface area contributed by atoms with Crippen LogP contribution in [0, 0.1) is 0 Å². The van der Waals surface area contributed by atoms with Crippen LogP contribution in [-0.4, -0.2) is 41.0 Å². The number of piperidine rings is 1. The fourth-order valence-corrected chi connectivity index (χ4v) is 5.23. The van der Waals surface area contributed by atoms with E-state index in [1.54, 1.807) is 6.20 Å². The Hall–Kier alpha value is -2.72. The molecule has 148 valence electrons. The van der Waals surface area contributed by atoms with E-state index >= 15 is 0 Å². The second-order valence-corrected chi connectivity index (χ2v) is 8.23. The Morgan fingerprint density at radius 1 is 0.966 bits per heavy atom. The molecular weight excluding hydrogens is 358 g/mol. The average molecular weight is 386 g/mol. The number of fused-ring (bicyclic) bond motifs is 2. The minimum Gasteiger partial charge on any atom is -0.332 e. The van der Waals surface area contributed by atoms with Crippen LogP contribution in [0.4, 0.5) is 0 Å². The zero-order valence-electron chi connectivity index (χ0n) is 16.6. The minimum atomic E-state index is 0.0725. The largest absolute Gasteiger partial charge is 0.332 e. The SMILES string of the molecule is O=C(c1nccc2ccccc12)N1CCCC[C@H]2NCC[C@H](c3ccccc3)[C@H]21. The Labute approximate surface area is 171 Å². The maximum atomic E-state index is 13.8. The monoisotopic (exact) mass is 385 g/mol. The molecule has 5 rings (SSSR count). The molecule has 1 N–H and O–H groups in total. The maximum Gasteiger partial charge on any atom is 0.273 e. The predicted molar refractivity (Wildman–Crippen MR) is 116 cm³/mol. The normalized spacial score (nSPS) is 24.7. The molecule has 1 amide bonds. The highest BCUT2D eigenvalue weighted by Gasteiger charge is 2.41. The van der Waals surface area contributed by atoms with Crippen LogP contribution < -0.4 is 5.32 Å². The van der Waals surface area contributed by atoms with Gasteiger partial charge in [-0.3, -0.25) is 9.78 Å². The van der Waals surface area contributed by atoms with E-state index in [4.69, 9.17) is 0 Å². The lowest BCUT2D eigenvalue weighted by molar-refractivity contribution is 0.0571. The van der Waals surface area contributed by atoms with Crippen molar-refractivity contribution in [2.75, 3.05) is 13.1 Å². The van der Waals surface area contributed by atoms with Gasteiger partial charge >= 0.3 is 0 Å². The van der Waals surface area contributed by atoms with Crippen LogP contribution in [0.2, 0.25) is 0 Å². The second kappa shape index (κ2) is 7.96. The van der Waals surface area contributed by atoms with Crippen molar-refractivity contribution in [2.45, 2.75) is 43.7 Å². The van der Waals surface area contributed by atoms with Gasteiger partial charge in [0.1, 0.15) is 5.69 Å². The van der Waals surface area contributed by atoms with Crippen LogP contribution in [-0.2, 0) is 0 Å². The molecule has 0 unspecified atom stereocenters. The number of carbonyl (C=O) groups excluding carboxylic acids is 1. The van der Waals surface area contributed by atoms with Crippen LogP contribution in [0.15, 0.2) is 66.9 Å². The fraction of sp³-hybridized carbons (Fsp3) is 0.360. The summed E-state index contributed by atoms with van der Waals surface area (Å²) in [5.74, 6) is 0.433. The third-order valence-electron chi connectivity index (χ3n) is 6.58. The molecule has 2 saturated heterocycles. The highest BCUT2D eigenvalue weighted by atomic mass is 16.2. The number of hydrogen-bond donors (Lipinski definition) is 1. The van der Waals surface area contributed by atoms with Gasteiger partial charge in [-0.25, -0.2) is 0 Å². The number of benzene rings is 2. The summed E-state index contributed by atoms with van der Waals surface area (Å²) in [5.41, 5.74) is 1.93. The molecule has 4 nitrogen and oxygen atoms in total. The second-order valence-electron chi connectivity index (χ2n) is 8.23. The van der Waals surface area contributed by atoms with Crippen molar-refractivity contribution >= 4 is 16.7 Å². The summed E-state index contributed by atoms with van der Waals surface area (Å²) in [6.45, 7) is 1.81. The third kappa shape index (κ3) is 3.42. The highest BCUT2D eigenvalue weighted by molar-refractivity contribution is 6.05. The summed E-state index contributed by atoms with van der Waals surface area (Å²) >= 11 is 0. The Kier molecular flexibility index (Phi) is 5.03. The zero-order valence-corrected chi connectivity index (χ0v) is 16.6. The van der Waals surface area contributed by atoms with Gasteiger partial charge in [0, 0.05) is 30.1 Å². The van der Waals surface area contributed by atoms with Gasteiger partial charge in [0.05, 0.1) is 6.04 Å². The molecule has 0 spiro atoms.